The van der Waals surface area contributed by atoms with Gasteiger partial charge in [0.25, 0.3) is 0 Å². The van der Waals surface area contributed by atoms with Crippen molar-refractivity contribution < 1.29 is 4.39 Å². The van der Waals surface area contributed by atoms with Crippen molar-refractivity contribution in [1.82, 2.24) is 40.0 Å². The fourth-order valence-corrected chi connectivity index (χ4v) is 4.60. The van der Waals surface area contributed by atoms with Crippen LogP contribution >= 0.6 is 0 Å². The van der Waals surface area contributed by atoms with Gasteiger partial charge in [-0.15, -0.1) is 0 Å². The number of benzene rings is 1. The molecular formula is C29H29FN10. The van der Waals surface area contributed by atoms with E-state index in [1.807, 2.05) is 63.6 Å². The molecule has 0 aliphatic rings. The van der Waals surface area contributed by atoms with Crippen LogP contribution in [0.15, 0.2) is 61.2 Å². The molecule has 0 bridgehead atoms. The highest BCUT2D eigenvalue weighted by atomic mass is 19.1. The lowest BCUT2D eigenvalue weighted by molar-refractivity contribution is 0.425. The van der Waals surface area contributed by atoms with Gasteiger partial charge in [-0.25, -0.2) is 14.4 Å². The monoisotopic (exact) mass is 536 g/mol. The maximum Gasteiger partial charge on any atom is 0.178 e. The molecule has 5 aromatic heterocycles. The van der Waals surface area contributed by atoms with Crippen LogP contribution in [0.5, 0.6) is 0 Å². The van der Waals surface area contributed by atoms with E-state index in [-0.39, 0.29) is 5.82 Å². The third kappa shape index (κ3) is 4.94. The van der Waals surface area contributed by atoms with Crippen LogP contribution in [0.2, 0.25) is 0 Å². The number of imidazole rings is 1. The van der Waals surface area contributed by atoms with Gasteiger partial charge >= 0.3 is 0 Å². The molecule has 6 rings (SSSR count). The number of hydrogen-bond donors (Lipinski definition) is 3. The molecule has 0 saturated carbocycles. The van der Waals surface area contributed by atoms with Crippen LogP contribution in [0.25, 0.3) is 56.0 Å². The SMILES string of the molecule is CN(C)CCNc1cc(F)cc(-c2ccnc3nc(-c4n[nH]c5cnc(-c6cncc(N(C)C)c6)cc45)[nH]c23)c1. The van der Waals surface area contributed by atoms with E-state index >= 15 is 0 Å². The molecule has 11 heteroatoms. The Kier molecular flexibility index (Phi) is 6.56. The predicted molar refractivity (Wildman–Crippen MR) is 157 cm³/mol. The van der Waals surface area contributed by atoms with Gasteiger partial charge in [-0.3, -0.25) is 15.1 Å². The Morgan fingerprint density at radius 3 is 2.65 bits per heavy atom. The van der Waals surface area contributed by atoms with Gasteiger partial charge in [-0.2, -0.15) is 5.10 Å². The fraction of sp³-hybridized carbons (Fsp3) is 0.207. The molecule has 3 N–H and O–H groups in total. The molecule has 0 radical (unpaired) electrons. The third-order valence-electron chi connectivity index (χ3n) is 6.70. The fourth-order valence-electron chi connectivity index (χ4n) is 4.60. The number of aromatic nitrogens is 7. The molecule has 6 aromatic rings. The summed E-state index contributed by atoms with van der Waals surface area (Å²) in [5.74, 6) is 0.236. The number of rotatable bonds is 8. The molecule has 202 valence electrons. The van der Waals surface area contributed by atoms with E-state index in [9.17, 15) is 4.39 Å². The van der Waals surface area contributed by atoms with Gasteiger partial charge in [0.1, 0.15) is 11.5 Å². The lowest BCUT2D eigenvalue weighted by Gasteiger charge is -2.13. The van der Waals surface area contributed by atoms with Crippen molar-refractivity contribution in [1.29, 1.82) is 0 Å². The molecule has 5 heterocycles. The van der Waals surface area contributed by atoms with Crippen LogP contribution in [0.1, 0.15) is 0 Å². The van der Waals surface area contributed by atoms with Gasteiger partial charge in [-0.05, 0) is 56.1 Å². The normalized spacial score (nSPS) is 11.6. The van der Waals surface area contributed by atoms with Crippen molar-refractivity contribution in [2.24, 2.45) is 0 Å². The van der Waals surface area contributed by atoms with E-state index < -0.39 is 0 Å². The first-order valence-corrected chi connectivity index (χ1v) is 12.9. The third-order valence-corrected chi connectivity index (χ3v) is 6.70. The van der Waals surface area contributed by atoms with E-state index in [2.05, 4.69) is 40.3 Å². The van der Waals surface area contributed by atoms with Gasteiger partial charge < -0.3 is 20.1 Å². The Balaban J connectivity index is 1.39. The summed E-state index contributed by atoms with van der Waals surface area (Å²) in [5, 5.41) is 11.7. The van der Waals surface area contributed by atoms with Crippen LogP contribution in [0, 0.1) is 5.82 Å². The predicted octanol–water partition coefficient (Wildman–Crippen LogP) is 4.80. The largest absolute Gasteiger partial charge is 0.384 e. The maximum absolute atomic E-state index is 14.6. The molecule has 0 unspecified atom stereocenters. The quantitative estimate of drug-likeness (QED) is 0.254. The number of fused-ring (bicyclic) bond motifs is 2. The minimum Gasteiger partial charge on any atom is -0.384 e. The smallest absolute Gasteiger partial charge is 0.178 e. The summed E-state index contributed by atoms with van der Waals surface area (Å²) in [5.41, 5.74) is 7.54. The molecule has 10 nitrogen and oxygen atoms in total. The molecule has 40 heavy (non-hydrogen) atoms. The second-order valence-corrected chi connectivity index (χ2v) is 10.1. The number of nitrogens with one attached hydrogen (secondary N) is 3. The maximum atomic E-state index is 14.6. The second-order valence-electron chi connectivity index (χ2n) is 10.1. The van der Waals surface area contributed by atoms with Crippen molar-refractivity contribution in [3.63, 3.8) is 0 Å². The number of pyridine rings is 3. The van der Waals surface area contributed by atoms with Crippen molar-refractivity contribution in [2.75, 3.05) is 51.5 Å². The highest BCUT2D eigenvalue weighted by Gasteiger charge is 2.17. The number of likely N-dealkylation sites (N-methyl/N-ethyl adjacent to an activating group) is 1. The van der Waals surface area contributed by atoms with Crippen LogP contribution in [-0.4, -0.2) is 81.3 Å². The number of aromatic amines is 2. The topological polar surface area (TPSA) is 115 Å². The molecule has 1 aromatic carbocycles. The molecule has 0 fully saturated rings. The highest BCUT2D eigenvalue weighted by Crippen LogP contribution is 2.33. The second kappa shape index (κ2) is 10.3. The Hall–Kier alpha value is -4.90. The average Bonchev–Trinajstić information content (AvgIpc) is 3.56. The van der Waals surface area contributed by atoms with Crippen molar-refractivity contribution in [3.8, 4) is 33.9 Å². The summed E-state index contributed by atoms with van der Waals surface area (Å²) in [7, 11) is 7.95. The minimum absolute atomic E-state index is 0.319. The molecule has 0 aliphatic heterocycles. The number of nitrogens with zero attached hydrogens (tertiary/aromatic N) is 7. The number of anilines is 2. The summed E-state index contributed by atoms with van der Waals surface area (Å²) in [6.07, 6.45) is 7.04. The molecular weight excluding hydrogens is 507 g/mol. The van der Waals surface area contributed by atoms with Gasteiger partial charge in [0.15, 0.2) is 11.5 Å². The zero-order chi connectivity index (χ0) is 27.8. The summed E-state index contributed by atoms with van der Waals surface area (Å²) >= 11 is 0. The number of hydrogen-bond acceptors (Lipinski definition) is 8. The molecule has 0 aliphatic carbocycles. The minimum atomic E-state index is -0.319. The van der Waals surface area contributed by atoms with E-state index in [4.69, 9.17) is 4.98 Å². The van der Waals surface area contributed by atoms with Crippen LogP contribution in [0.3, 0.4) is 0 Å². The molecule has 0 amide bonds. The van der Waals surface area contributed by atoms with E-state index in [0.29, 0.717) is 34.9 Å². The van der Waals surface area contributed by atoms with Crippen LogP contribution < -0.4 is 10.2 Å². The number of halogens is 1. The lowest BCUT2D eigenvalue weighted by atomic mass is 10.0. The summed E-state index contributed by atoms with van der Waals surface area (Å²) in [6, 6.07) is 10.8. The first-order chi connectivity index (χ1) is 19.4. The van der Waals surface area contributed by atoms with Crippen molar-refractivity contribution in [2.45, 2.75) is 0 Å². The van der Waals surface area contributed by atoms with E-state index in [1.165, 1.54) is 12.1 Å². The summed E-state index contributed by atoms with van der Waals surface area (Å²) in [4.78, 5) is 25.6. The zero-order valence-corrected chi connectivity index (χ0v) is 22.7. The summed E-state index contributed by atoms with van der Waals surface area (Å²) < 4.78 is 14.6. The molecule has 0 saturated heterocycles. The van der Waals surface area contributed by atoms with Gasteiger partial charge in [0.05, 0.1) is 34.8 Å². The summed E-state index contributed by atoms with van der Waals surface area (Å²) in [6.45, 7) is 1.54. The van der Waals surface area contributed by atoms with Crippen molar-refractivity contribution >= 4 is 33.4 Å². The Morgan fingerprint density at radius 2 is 1.82 bits per heavy atom. The average molecular weight is 537 g/mol. The van der Waals surface area contributed by atoms with Crippen LogP contribution in [0.4, 0.5) is 15.8 Å². The van der Waals surface area contributed by atoms with Gasteiger partial charge in [0.2, 0.25) is 0 Å². The highest BCUT2D eigenvalue weighted by molar-refractivity contribution is 5.97. The van der Waals surface area contributed by atoms with Crippen LogP contribution in [-0.2, 0) is 0 Å². The Morgan fingerprint density at radius 1 is 0.950 bits per heavy atom. The first kappa shape index (κ1) is 25.4. The Bertz CT molecular complexity index is 1820. The number of H-pyrrole nitrogens is 2. The molecule has 0 spiro atoms. The Labute approximate surface area is 230 Å². The first-order valence-electron chi connectivity index (χ1n) is 12.9. The van der Waals surface area contributed by atoms with Gasteiger partial charge in [-0.1, -0.05) is 0 Å². The van der Waals surface area contributed by atoms with E-state index in [0.717, 1.165) is 45.5 Å². The standard InChI is InChI=1S/C29H29FN10/c1-39(2)8-7-32-20-10-17(9-19(30)12-20)22-5-6-33-28-26(22)35-29(36-28)27-23-13-24(34-16-25(23)37-38-27)18-11-21(40(3)4)15-31-14-18/h5-6,9-16,32H,7-8H2,1-4H3,(H,37,38)(H,33,35,36). The van der Waals surface area contributed by atoms with Crippen molar-refractivity contribution in [3.05, 3.63) is 67.0 Å². The van der Waals surface area contributed by atoms with Gasteiger partial charge in [0, 0.05) is 61.8 Å². The lowest BCUT2D eigenvalue weighted by Crippen LogP contribution is -2.20. The van der Waals surface area contributed by atoms with E-state index in [1.54, 1.807) is 18.6 Å². The molecule has 0 atom stereocenters. The zero-order valence-electron chi connectivity index (χ0n) is 22.7.